The highest BCUT2D eigenvalue weighted by Crippen LogP contribution is 2.00. The molecule has 0 spiro atoms. The molecule has 4 nitrogen and oxygen atoms in total. The van der Waals surface area contributed by atoms with Gasteiger partial charge in [0.25, 0.3) is 0 Å². The lowest BCUT2D eigenvalue weighted by Crippen LogP contribution is -2.26. The van der Waals surface area contributed by atoms with Gasteiger partial charge in [0.15, 0.2) is 11.6 Å². The van der Waals surface area contributed by atoms with E-state index in [0.717, 1.165) is 19.3 Å². The maximum absolute atomic E-state index is 9.63. The Morgan fingerprint density at radius 3 is 2.80 bits per heavy atom. The van der Waals surface area contributed by atoms with Gasteiger partial charge in [0.05, 0.1) is 0 Å². The van der Waals surface area contributed by atoms with Crippen LogP contribution in [0.4, 0.5) is 0 Å². The molecule has 1 atom stereocenters. The number of rotatable bonds is 6. The van der Waals surface area contributed by atoms with Crippen LogP contribution in [0.25, 0.3) is 0 Å². The molecule has 0 bridgehead atoms. The first-order valence-electron chi connectivity index (χ1n) is 3.50. The molecule has 0 aliphatic rings. The molecule has 10 heavy (non-hydrogen) atoms. The van der Waals surface area contributed by atoms with E-state index in [1.165, 1.54) is 0 Å². The molecule has 4 heteroatoms. The van der Waals surface area contributed by atoms with Gasteiger partial charge in [-0.2, -0.15) is 0 Å². The molecule has 0 aromatic carbocycles. The minimum Gasteiger partial charge on any atom is -0.345 e. The van der Waals surface area contributed by atoms with E-state index in [9.17, 15) is 4.91 Å². The van der Waals surface area contributed by atoms with Gasteiger partial charge in [-0.05, 0) is 13.5 Å². The molecule has 0 radical (unpaired) electrons. The molecule has 0 aliphatic heterocycles. The molecule has 0 fully saturated rings. The van der Waals surface area contributed by atoms with Crippen LogP contribution in [-0.4, -0.2) is 13.3 Å². The van der Waals surface area contributed by atoms with Crippen LogP contribution in [0.15, 0.2) is 5.34 Å². The van der Waals surface area contributed by atoms with Gasteiger partial charge in [-0.25, -0.2) is 0 Å². The molecule has 1 N–H and O–H groups in total. The highest BCUT2D eigenvalue weighted by Gasteiger charge is 2.04. The lowest BCUT2D eigenvalue weighted by Gasteiger charge is -2.09. The summed E-state index contributed by atoms with van der Waals surface area (Å²) in [5, 5.41) is 5.17. The number of nitrogens with one attached hydrogen (secondary N) is 1. The molecule has 0 amide bonds. The third-order valence-electron chi connectivity index (χ3n) is 1.31. The fourth-order valence-corrected chi connectivity index (χ4v) is 0.691. The van der Waals surface area contributed by atoms with Crippen molar-refractivity contribution in [3.8, 4) is 0 Å². The van der Waals surface area contributed by atoms with E-state index >= 15 is 0 Å². The molecule has 0 saturated heterocycles. The van der Waals surface area contributed by atoms with E-state index in [2.05, 4.69) is 22.4 Å². The predicted octanol–water partition coefficient (Wildman–Crippen LogP) is 1.42. The highest BCUT2D eigenvalue weighted by atomic mass is 16.7. The standard InChI is InChI=1S/C6H14N2O2/c1-3-4-5-6(7-2)10-8-9/h6-7H,3-5H2,1-2H3. The summed E-state index contributed by atoms with van der Waals surface area (Å²) < 4.78 is 0. The summed E-state index contributed by atoms with van der Waals surface area (Å²) in [7, 11) is 1.74. The summed E-state index contributed by atoms with van der Waals surface area (Å²) >= 11 is 0. The molecular weight excluding hydrogens is 132 g/mol. The van der Waals surface area contributed by atoms with Crippen LogP contribution in [-0.2, 0) is 4.84 Å². The fraction of sp³-hybridized carbons (Fsp3) is 1.00. The maximum Gasteiger partial charge on any atom is 0.181 e. The van der Waals surface area contributed by atoms with Crippen molar-refractivity contribution in [2.24, 2.45) is 5.34 Å². The molecule has 1 unspecified atom stereocenters. The largest absolute Gasteiger partial charge is 0.345 e. The van der Waals surface area contributed by atoms with Crippen LogP contribution in [0.5, 0.6) is 0 Å². The van der Waals surface area contributed by atoms with Gasteiger partial charge >= 0.3 is 0 Å². The van der Waals surface area contributed by atoms with Gasteiger partial charge in [0.1, 0.15) is 0 Å². The van der Waals surface area contributed by atoms with Crippen LogP contribution >= 0.6 is 0 Å². The van der Waals surface area contributed by atoms with Crippen molar-refractivity contribution in [1.29, 1.82) is 0 Å². The zero-order chi connectivity index (χ0) is 7.82. The van der Waals surface area contributed by atoms with Gasteiger partial charge < -0.3 is 4.84 Å². The molecule has 0 aromatic rings. The Labute approximate surface area is 60.9 Å². The van der Waals surface area contributed by atoms with Crippen LogP contribution in [0.3, 0.4) is 0 Å². The van der Waals surface area contributed by atoms with Crippen molar-refractivity contribution in [2.45, 2.75) is 32.4 Å². The Balaban J connectivity index is 3.29. The molecule has 60 valence electrons. The first-order chi connectivity index (χ1) is 4.85. The predicted molar refractivity (Wildman–Crippen MR) is 39.3 cm³/mol. The number of unbranched alkanes of at least 4 members (excludes halogenated alkanes) is 1. The Morgan fingerprint density at radius 2 is 2.40 bits per heavy atom. The topological polar surface area (TPSA) is 50.7 Å². The highest BCUT2D eigenvalue weighted by molar-refractivity contribution is 4.49. The van der Waals surface area contributed by atoms with Crippen molar-refractivity contribution in [1.82, 2.24) is 5.32 Å². The van der Waals surface area contributed by atoms with E-state index in [1.807, 2.05) is 0 Å². The molecule has 0 aliphatic carbocycles. The monoisotopic (exact) mass is 146 g/mol. The summed E-state index contributed by atoms with van der Waals surface area (Å²) in [5.41, 5.74) is 0. The third-order valence-corrected chi connectivity index (χ3v) is 1.31. The first-order valence-corrected chi connectivity index (χ1v) is 3.50. The van der Waals surface area contributed by atoms with Gasteiger partial charge in [0, 0.05) is 6.42 Å². The molecule has 0 heterocycles. The zero-order valence-electron chi connectivity index (χ0n) is 6.46. The second-order valence-corrected chi connectivity index (χ2v) is 2.10. The normalized spacial score (nSPS) is 12.6. The quantitative estimate of drug-likeness (QED) is 0.350. The van der Waals surface area contributed by atoms with Crippen LogP contribution in [0.2, 0.25) is 0 Å². The van der Waals surface area contributed by atoms with E-state index in [1.54, 1.807) is 7.05 Å². The van der Waals surface area contributed by atoms with Gasteiger partial charge in [-0.15, -0.1) is 4.91 Å². The Kier molecular flexibility index (Phi) is 6.06. The minimum absolute atomic E-state index is 0.211. The van der Waals surface area contributed by atoms with E-state index < -0.39 is 0 Å². The lowest BCUT2D eigenvalue weighted by atomic mass is 10.2. The number of hydrogen-bond acceptors (Lipinski definition) is 4. The van der Waals surface area contributed by atoms with Gasteiger partial charge in [-0.1, -0.05) is 13.3 Å². The Morgan fingerprint density at radius 1 is 1.70 bits per heavy atom. The summed E-state index contributed by atoms with van der Waals surface area (Å²) in [4.78, 5) is 14.1. The van der Waals surface area contributed by atoms with E-state index in [0.29, 0.717) is 0 Å². The summed E-state index contributed by atoms with van der Waals surface area (Å²) in [6, 6.07) is 0. The average molecular weight is 146 g/mol. The number of nitrogens with zero attached hydrogens (tertiary/aromatic N) is 1. The Bertz CT molecular complexity index is 87.8. The summed E-state index contributed by atoms with van der Waals surface area (Å²) in [6.45, 7) is 2.08. The van der Waals surface area contributed by atoms with E-state index in [4.69, 9.17) is 0 Å². The zero-order valence-corrected chi connectivity index (χ0v) is 6.46. The van der Waals surface area contributed by atoms with Crippen molar-refractivity contribution in [2.75, 3.05) is 7.05 Å². The summed E-state index contributed by atoms with van der Waals surface area (Å²) in [6.07, 6.45) is 2.76. The van der Waals surface area contributed by atoms with E-state index in [-0.39, 0.29) is 6.23 Å². The second-order valence-electron chi connectivity index (χ2n) is 2.10. The van der Waals surface area contributed by atoms with Crippen molar-refractivity contribution in [3.63, 3.8) is 0 Å². The lowest BCUT2D eigenvalue weighted by molar-refractivity contribution is 0.0291. The van der Waals surface area contributed by atoms with Crippen molar-refractivity contribution >= 4 is 0 Å². The second kappa shape index (κ2) is 6.48. The van der Waals surface area contributed by atoms with Crippen LogP contribution in [0.1, 0.15) is 26.2 Å². The molecule has 0 rings (SSSR count). The smallest absolute Gasteiger partial charge is 0.181 e. The molecule has 0 saturated carbocycles. The first kappa shape index (κ1) is 9.36. The number of hydrogen-bond donors (Lipinski definition) is 1. The average Bonchev–Trinajstić information content (AvgIpc) is 1.98. The SMILES string of the molecule is CCCCC(NC)ON=O. The molecular formula is C6H14N2O2. The van der Waals surface area contributed by atoms with Crippen molar-refractivity contribution in [3.05, 3.63) is 4.91 Å². The summed E-state index contributed by atoms with van der Waals surface area (Å²) in [5.74, 6) is 0. The van der Waals surface area contributed by atoms with Crippen LogP contribution in [0, 0.1) is 4.91 Å². The van der Waals surface area contributed by atoms with Crippen LogP contribution < -0.4 is 5.32 Å². The maximum atomic E-state index is 9.63. The minimum atomic E-state index is -0.211. The van der Waals surface area contributed by atoms with Gasteiger partial charge in [0.2, 0.25) is 0 Å². The fourth-order valence-electron chi connectivity index (χ4n) is 0.691. The van der Waals surface area contributed by atoms with Gasteiger partial charge in [-0.3, -0.25) is 5.32 Å². The van der Waals surface area contributed by atoms with Crippen molar-refractivity contribution < 1.29 is 4.84 Å². The molecule has 0 aromatic heterocycles. The Hall–Kier alpha value is -0.640. The third kappa shape index (κ3) is 4.26.